The van der Waals surface area contributed by atoms with Gasteiger partial charge in [-0.1, -0.05) is 45.9 Å². The quantitative estimate of drug-likeness (QED) is 0.434. The first-order valence-electron chi connectivity index (χ1n) is 11.9. The standard InChI is InChI=1S/C27H35N5O4/c1-7-13-31(26(34)28-19-14-21(35-5)16-22(15-19)36-6)18-25(33)29-24-17-23(27(2,3)4)30-32(24)20-11-9-8-10-12-20/h8-12,14-17H,7,13,18H2,1-6H3,(H,28,34)(H,29,33). The molecule has 1 aromatic heterocycles. The molecule has 0 atom stereocenters. The van der Waals surface area contributed by atoms with Crippen molar-refractivity contribution in [2.24, 2.45) is 0 Å². The molecule has 0 fully saturated rings. The van der Waals surface area contributed by atoms with Gasteiger partial charge in [-0.15, -0.1) is 0 Å². The number of urea groups is 1. The second-order valence-electron chi connectivity index (χ2n) is 9.41. The van der Waals surface area contributed by atoms with E-state index in [1.165, 1.54) is 4.90 Å². The maximum absolute atomic E-state index is 13.1. The number of carbonyl (C=O) groups is 2. The Bertz CT molecular complexity index is 1160. The van der Waals surface area contributed by atoms with Crippen LogP contribution in [0.4, 0.5) is 16.3 Å². The van der Waals surface area contributed by atoms with Gasteiger partial charge in [-0.25, -0.2) is 9.48 Å². The van der Waals surface area contributed by atoms with E-state index in [-0.39, 0.29) is 17.9 Å². The van der Waals surface area contributed by atoms with Crippen molar-refractivity contribution < 1.29 is 19.1 Å². The van der Waals surface area contributed by atoms with Crippen molar-refractivity contribution in [1.82, 2.24) is 14.7 Å². The Hall–Kier alpha value is -4.01. The molecule has 192 valence electrons. The van der Waals surface area contributed by atoms with Gasteiger partial charge in [-0.05, 0) is 18.6 Å². The fourth-order valence-corrected chi connectivity index (χ4v) is 3.56. The highest BCUT2D eigenvalue weighted by molar-refractivity contribution is 5.97. The predicted octanol–water partition coefficient (Wildman–Crippen LogP) is 5.07. The minimum atomic E-state index is -0.394. The number of rotatable bonds is 9. The van der Waals surface area contributed by atoms with Crippen LogP contribution >= 0.6 is 0 Å². The fraction of sp³-hybridized carbons (Fsp3) is 0.370. The Morgan fingerprint density at radius 2 is 1.61 bits per heavy atom. The smallest absolute Gasteiger partial charge is 0.322 e. The molecule has 0 radical (unpaired) electrons. The number of anilines is 2. The molecule has 9 nitrogen and oxygen atoms in total. The summed E-state index contributed by atoms with van der Waals surface area (Å²) in [4.78, 5) is 27.6. The zero-order valence-electron chi connectivity index (χ0n) is 21.8. The number of aromatic nitrogens is 2. The maximum Gasteiger partial charge on any atom is 0.322 e. The summed E-state index contributed by atoms with van der Waals surface area (Å²) >= 11 is 0. The highest BCUT2D eigenvalue weighted by Crippen LogP contribution is 2.27. The van der Waals surface area contributed by atoms with Gasteiger partial charge in [-0.3, -0.25) is 4.79 Å². The molecule has 36 heavy (non-hydrogen) atoms. The van der Waals surface area contributed by atoms with Crippen LogP contribution in [0, 0.1) is 0 Å². The number of nitrogens with one attached hydrogen (secondary N) is 2. The van der Waals surface area contributed by atoms with Crippen LogP contribution in [0.25, 0.3) is 5.69 Å². The molecule has 2 aromatic carbocycles. The second kappa shape index (κ2) is 11.6. The van der Waals surface area contributed by atoms with Gasteiger partial charge in [0.2, 0.25) is 5.91 Å². The Morgan fingerprint density at radius 1 is 0.972 bits per heavy atom. The van der Waals surface area contributed by atoms with E-state index in [4.69, 9.17) is 14.6 Å². The van der Waals surface area contributed by atoms with Crippen LogP contribution in [0.3, 0.4) is 0 Å². The normalized spacial score (nSPS) is 11.1. The van der Waals surface area contributed by atoms with Crippen LogP contribution in [-0.4, -0.2) is 53.9 Å². The third kappa shape index (κ3) is 6.78. The zero-order chi connectivity index (χ0) is 26.3. The maximum atomic E-state index is 13.1. The number of nitrogens with zero attached hydrogens (tertiary/aromatic N) is 3. The highest BCUT2D eigenvalue weighted by Gasteiger charge is 2.23. The lowest BCUT2D eigenvalue weighted by Gasteiger charge is -2.22. The molecule has 0 unspecified atom stereocenters. The Kier molecular flexibility index (Phi) is 8.58. The van der Waals surface area contributed by atoms with E-state index in [0.29, 0.717) is 36.0 Å². The van der Waals surface area contributed by atoms with Gasteiger partial charge in [0.1, 0.15) is 23.9 Å². The first kappa shape index (κ1) is 26.6. The lowest BCUT2D eigenvalue weighted by Crippen LogP contribution is -2.41. The third-order valence-electron chi connectivity index (χ3n) is 5.46. The molecule has 3 amide bonds. The van der Waals surface area contributed by atoms with Gasteiger partial charge in [0.25, 0.3) is 0 Å². The molecule has 0 saturated carbocycles. The van der Waals surface area contributed by atoms with Crippen LogP contribution in [0.1, 0.15) is 39.8 Å². The molecule has 1 heterocycles. The summed E-state index contributed by atoms with van der Waals surface area (Å²) < 4.78 is 12.3. The molecule has 0 aliphatic carbocycles. The van der Waals surface area contributed by atoms with Gasteiger partial charge in [-0.2, -0.15) is 5.10 Å². The summed E-state index contributed by atoms with van der Waals surface area (Å²) in [5, 5.41) is 10.5. The van der Waals surface area contributed by atoms with Crippen LogP contribution in [0.2, 0.25) is 0 Å². The van der Waals surface area contributed by atoms with Crippen molar-refractivity contribution in [3.8, 4) is 17.2 Å². The zero-order valence-corrected chi connectivity index (χ0v) is 21.8. The van der Waals surface area contributed by atoms with Crippen molar-refractivity contribution in [3.05, 3.63) is 60.3 Å². The number of ether oxygens (including phenoxy) is 2. The summed E-state index contributed by atoms with van der Waals surface area (Å²) in [6.45, 7) is 8.44. The van der Waals surface area contributed by atoms with E-state index < -0.39 is 6.03 Å². The summed E-state index contributed by atoms with van der Waals surface area (Å²) in [5.41, 5.74) is 1.98. The molecule has 0 aliphatic heterocycles. The monoisotopic (exact) mass is 493 g/mol. The topological polar surface area (TPSA) is 97.7 Å². The van der Waals surface area contributed by atoms with Crippen molar-refractivity contribution in [2.75, 3.05) is 37.9 Å². The van der Waals surface area contributed by atoms with Gasteiger partial charge >= 0.3 is 6.03 Å². The number of amides is 3. The average Bonchev–Trinajstić information content (AvgIpc) is 3.28. The first-order chi connectivity index (χ1) is 17.1. The van der Waals surface area contributed by atoms with Crippen LogP contribution in [-0.2, 0) is 10.2 Å². The predicted molar refractivity (Wildman–Crippen MR) is 141 cm³/mol. The van der Waals surface area contributed by atoms with Gasteiger partial charge in [0.15, 0.2) is 0 Å². The molecule has 3 rings (SSSR count). The molecule has 3 aromatic rings. The van der Waals surface area contributed by atoms with Crippen molar-refractivity contribution in [2.45, 2.75) is 39.5 Å². The number of benzene rings is 2. The van der Waals surface area contributed by atoms with Crippen LogP contribution < -0.4 is 20.1 Å². The van der Waals surface area contributed by atoms with Gasteiger partial charge < -0.3 is 25.0 Å². The fourth-order valence-electron chi connectivity index (χ4n) is 3.56. The van der Waals surface area contributed by atoms with Crippen LogP contribution in [0.15, 0.2) is 54.6 Å². The van der Waals surface area contributed by atoms with Crippen LogP contribution in [0.5, 0.6) is 11.5 Å². The lowest BCUT2D eigenvalue weighted by atomic mass is 9.92. The molecule has 0 bridgehead atoms. The Morgan fingerprint density at radius 3 is 2.17 bits per heavy atom. The Labute approximate surface area is 212 Å². The van der Waals surface area contributed by atoms with E-state index in [0.717, 1.165) is 11.4 Å². The number of methoxy groups -OCH3 is 2. The molecular weight excluding hydrogens is 458 g/mol. The van der Waals surface area contributed by atoms with E-state index in [1.807, 2.05) is 43.3 Å². The molecule has 9 heteroatoms. The molecule has 2 N–H and O–H groups in total. The van der Waals surface area contributed by atoms with E-state index in [2.05, 4.69) is 31.4 Å². The number of hydrogen-bond donors (Lipinski definition) is 2. The van der Waals surface area contributed by atoms with E-state index in [9.17, 15) is 9.59 Å². The molecule has 0 spiro atoms. The summed E-state index contributed by atoms with van der Waals surface area (Å²) in [7, 11) is 3.08. The van der Waals surface area contributed by atoms with E-state index >= 15 is 0 Å². The second-order valence-corrected chi connectivity index (χ2v) is 9.41. The molecule has 0 aliphatic rings. The van der Waals surface area contributed by atoms with E-state index in [1.54, 1.807) is 37.1 Å². The Balaban J connectivity index is 1.78. The average molecular weight is 494 g/mol. The lowest BCUT2D eigenvalue weighted by molar-refractivity contribution is -0.116. The summed E-state index contributed by atoms with van der Waals surface area (Å²) in [5.74, 6) is 1.33. The summed E-state index contributed by atoms with van der Waals surface area (Å²) in [6.07, 6.45) is 0.693. The molecular formula is C27H35N5O4. The SMILES string of the molecule is CCCN(CC(=O)Nc1cc(C(C)(C)C)nn1-c1ccccc1)C(=O)Nc1cc(OC)cc(OC)c1. The third-order valence-corrected chi connectivity index (χ3v) is 5.46. The van der Waals surface area contributed by atoms with Crippen molar-refractivity contribution in [1.29, 1.82) is 0 Å². The number of para-hydroxylation sites is 1. The number of carbonyl (C=O) groups excluding carboxylic acids is 2. The van der Waals surface area contributed by atoms with Gasteiger partial charge in [0.05, 0.1) is 25.6 Å². The molecule has 0 saturated heterocycles. The van der Waals surface area contributed by atoms with Crippen molar-refractivity contribution in [3.63, 3.8) is 0 Å². The van der Waals surface area contributed by atoms with Crippen molar-refractivity contribution >= 4 is 23.4 Å². The van der Waals surface area contributed by atoms with Gasteiger partial charge in [0, 0.05) is 41.9 Å². The first-order valence-corrected chi connectivity index (χ1v) is 11.9. The highest BCUT2D eigenvalue weighted by atomic mass is 16.5. The number of hydrogen-bond acceptors (Lipinski definition) is 5. The minimum Gasteiger partial charge on any atom is -0.497 e. The largest absolute Gasteiger partial charge is 0.497 e. The summed E-state index contributed by atoms with van der Waals surface area (Å²) in [6, 6.07) is 16.2. The minimum absolute atomic E-state index is 0.119.